The molecule has 0 aliphatic heterocycles. The average Bonchev–Trinajstić information content (AvgIpc) is 2.23. The summed E-state index contributed by atoms with van der Waals surface area (Å²) in [5.41, 5.74) is 0. The molecule has 2 atom stereocenters. The normalized spacial score (nSPS) is 14.7. The lowest BCUT2D eigenvalue weighted by Crippen LogP contribution is -2.19. The minimum Gasteiger partial charge on any atom is -0.469 e. The maximum Gasteiger partial charge on any atom is 0.308 e. The Labute approximate surface area is 92.8 Å². The number of methoxy groups -OCH3 is 1. The van der Waals surface area contributed by atoms with Crippen LogP contribution in [0.15, 0.2) is 0 Å². The van der Waals surface area contributed by atoms with Gasteiger partial charge in [0.1, 0.15) is 0 Å². The number of hydrogen-bond donors (Lipinski definition) is 1. The van der Waals surface area contributed by atoms with E-state index in [-0.39, 0.29) is 18.0 Å². The van der Waals surface area contributed by atoms with E-state index in [1.807, 2.05) is 0 Å². The van der Waals surface area contributed by atoms with Gasteiger partial charge in [-0.1, -0.05) is 39.5 Å². The Balaban J connectivity index is 3.55. The van der Waals surface area contributed by atoms with Crippen molar-refractivity contribution in [1.82, 2.24) is 0 Å². The third-order valence-electron chi connectivity index (χ3n) is 2.62. The Morgan fingerprint density at radius 2 is 2.00 bits per heavy atom. The zero-order valence-electron chi connectivity index (χ0n) is 10.2. The van der Waals surface area contributed by atoms with Gasteiger partial charge in [0.15, 0.2) is 0 Å². The summed E-state index contributed by atoms with van der Waals surface area (Å²) < 4.78 is 4.61. The van der Waals surface area contributed by atoms with E-state index in [2.05, 4.69) is 11.7 Å². The summed E-state index contributed by atoms with van der Waals surface area (Å²) in [6, 6.07) is 0. The van der Waals surface area contributed by atoms with Crippen molar-refractivity contribution in [2.24, 2.45) is 5.92 Å². The maximum atomic E-state index is 11.1. The molecule has 0 fully saturated rings. The lowest BCUT2D eigenvalue weighted by Gasteiger charge is -2.14. The van der Waals surface area contributed by atoms with E-state index in [1.54, 1.807) is 6.92 Å². The van der Waals surface area contributed by atoms with Gasteiger partial charge in [-0.3, -0.25) is 4.79 Å². The Morgan fingerprint density at radius 1 is 1.33 bits per heavy atom. The second-order valence-electron chi connectivity index (χ2n) is 4.16. The van der Waals surface area contributed by atoms with Crippen LogP contribution in [0.1, 0.15) is 52.4 Å². The molecule has 3 nitrogen and oxygen atoms in total. The van der Waals surface area contributed by atoms with Gasteiger partial charge in [0.2, 0.25) is 0 Å². The van der Waals surface area contributed by atoms with Crippen molar-refractivity contribution in [3.63, 3.8) is 0 Å². The lowest BCUT2D eigenvalue weighted by atomic mass is 9.99. The largest absolute Gasteiger partial charge is 0.469 e. The van der Waals surface area contributed by atoms with Crippen molar-refractivity contribution >= 4 is 5.97 Å². The molecular formula is C12H24O3. The van der Waals surface area contributed by atoms with Gasteiger partial charge in [0.25, 0.3) is 0 Å². The Bertz CT molecular complexity index is 168. The third kappa shape index (κ3) is 7.37. The fourth-order valence-corrected chi connectivity index (χ4v) is 1.63. The first-order chi connectivity index (χ1) is 7.11. The van der Waals surface area contributed by atoms with Crippen molar-refractivity contribution in [3.8, 4) is 0 Å². The van der Waals surface area contributed by atoms with Gasteiger partial charge in [-0.2, -0.15) is 0 Å². The molecule has 0 radical (unpaired) electrons. The van der Waals surface area contributed by atoms with E-state index in [0.717, 1.165) is 12.8 Å². The van der Waals surface area contributed by atoms with Crippen LogP contribution in [0.4, 0.5) is 0 Å². The van der Waals surface area contributed by atoms with Crippen molar-refractivity contribution in [1.29, 1.82) is 0 Å². The summed E-state index contributed by atoms with van der Waals surface area (Å²) in [6.07, 6.45) is 5.58. The van der Waals surface area contributed by atoms with Gasteiger partial charge in [-0.05, 0) is 12.8 Å². The van der Waals surface area contributed by atoms with Crippen LogP contribution >= 0.6 is 0 Å². The van der Waals surface area contributed by atoms with Crippen LogP contribution in [0, 0.1) is 5.92 Å². The van der Waals surface area contributed by atoms with Crippen LogP contribution in [-0.2, 0) is 9.53 Å². The van der Waals surface area contributed by atoms with Gasteiger partial charge in [-0.15, -0.1) is 0 Å². The molecule has 15 heavy (non-hydrogen) atoms. The molecule has 0 aromatic heterocycles. The predicted molar refractivity (Wildman–Crippen MR) is 60.6 cm³/mol. The van der Waals surface area contributed by atoms with Crippen LogP contribution in [0.3, 0.4) is 0 Å². The van der Waals surface area contributed by atoms with Gasteiger partial charge >= 0.3 is 5.97 Å². The highest BCUT2D eigenvalue weighted by Gasteiger charge is 2.17. The molecular weight excluding hydrogens is 192 g/mol. The number of esters is 1. The molecule has 3 heteroatoms. The molecule has 0 aliphatic rings. The van der Waals surface area contributed by atoms with Crippen molar-refractivity contribution in [2.75, 3.05) is 7.11 Å². The highest BCUT2D eigenvalue weighted by atomic mass is 16.5. The highest BCUT2D eigenvalue weighted by Crippen LogP contribution is 2.13. The first-order valence-corrected chi connectivity index (χ1v) is 5.87. The SMILES string of the molecule is CCCCCCC(O)CC(C)C(=O)OC. The number of aliphatic hydroxyl groups excluding tert-OH is 1. The van der Waals surface area contributed by atoms with Crippen LogP contribution < -0.4 is 0 Å². The monoisotopic (exact) mass is 216 g/mol. The molecule has 0 saturated heterocycles. The quantitative estimate of drug-likeness (QED) is 0.501. The number of ether oxygens (including phenoxy) is 1. The van der Waals surface area contributed by atoms with E-state index in [1.165, 1.54) is 26.4 Å². The Hall–Kier alpha value is -0.570. The second-order valence-corrected chi connectivity index (χ2v) is 4.16. The molecule has 0 heterocycles. The molecule has 90 valence electrons. The highest BCUT2D eigenvalue weighted by molar-refractivity contribution is 5.71. The van der Waals surface area contributed by atoms with Crippen LogP contribution in [0.2, 0.25) is 0 Å². The Kier molecular flexibility index (Phi) is 8.38. The summed E-state index contributed by atoms with van der Waals surface area (Å²) in [5.74, 6) is -0.432. The predicted octanol–water partition coefficient (Wildman–Crippen LogP) is 2.52. The number of carbonyl (C=O) groups excluding carboxylic acids is 1. The number of unbranched alkanes of at least 4 members (excludes halogenated alkanes) is 3. The van der Waals surface area contributed by atoms with E-state index >= 15 is 0 Å². The van der Waals surface area contributed by atoms with Crippen LogP contribution in [0.25, 0.3) is 0 Å². The van der Waals surface area contributed by atoms with E-state index < -0.39 is 0 Å². The number of carbonyl (C=O) groups is 1. The van der Waals surface area contributed by atoms with Crippen molar-refractivity contribution in [2.45, 2.75) is 58.5 Å². The minimum atomic E-state index is -0.365. The summed E-state index contributed by atoms with van der Waals surface area (Å²) in [7, 11) is 1.38. The third-order valence-corrected chi connectivity index (χ3v) is 2.62. The van der Waals surface area contributed by atoms with E-state index in [0.29, 0.717) is 6.42 Å². The number of aliphatic hydroxyl groups is 1. The summed E-state index contributed by atoms with van der Waals surface area (Å²) >= 11 is 0. The zero-order valence-corrected chi connectivity index (χ0v) is 10.2. The lowest BCUT2D eigenvalue weighted by molar-refractivity contribution is -0.145. The van der Waals surface area contributed by atoms with Gasteiger partial charge in [-0.25, -0.2) is 0 Å². The van der Waals surface area contributed by atoms with Gasteiger partial charge in [0, 0.05) is 0 Å². The average molecular weight is 216 g/mol. The first-order valence-electron chi connectivity index (χ1n) is 5.87. The topological polar surface area (TPSA) is 46.5 Å². The zero-order chi connectivity index (χ0) is 11.7. The van der Waals surface area contributed by atoms with Crippen molar-refractivity contribution in [3.05, 3.63) is 0 Å². The summed E-state index contributed by atoms with van der Waals surface area (Å²) in [4.78, 5) is 11.1. The van der Waals surface area contributed by atoms with E-state index in [9.17, 15) is 9.90 Å². The standard InChI is InChI=1S/C12H24O3/c1-4-5-6-7-8-11(13)9-10(2)12(14)15-3/h10-11,13H,4-9H2,1-3H3. The maximum absolute atomic E-state index is 11.1. The molecule has 2 unspecified atom stereocenters. The van der Waals surface area contributed by atoms with Crippen LogP contribution in [-0.4, -0.2) is 24.3 Å². The van der Waals surface area contributed by atoms with E-state index in [4.69, 9.17) is 0 Å². The smallest absolute Gasteiger partial charge is 0.308 e. The molecule has 0 aliphatic carbocycles. The summed E-state index contributed by atoms with van der Waals surface area (Å²) in [5, 5.41) is 9.66. The number of hydrogen-bond acceptors (Lipinski definition) is 3. The number of rotatable bonds is 8. The minimum absolute atomic E-state index is 0.198. The molecule has 0 spiro atoms. The van der Waals surface area contributed by atoms with Gasteiger partial charge in [0.05, 0.1) is 19.1 Å². The van der Waals surface area contributed by atoms with Crippen LogP contribution in [0.5, 0.6) is 0 Å². The molecule has 0 saturated carbocycles. The Morgan fingerprint density at radius 3 is 2.53 bits per heavy atom. The molecule has 1 N–H and O–H groups in total. The molecule has 0 aromatic carbocycles. The molecule has 0 bridgehead atoms. The molecule has 0 aromatic rings. The van der Waals surface area contributed by atoms with Gasteiger partial charge < -0.3 is 9.84 Å². The fourth-order valence-electron chi connectivity index (χ4n) is 1.63. The molecule has 0 rings (SSSR count). The van der Waals surface area contributed by atoms with Crippen molar-refractivity contribution < 1.29 is 14.6 Å². The first kappa shape index (κ1) is 14.4. The summed E-state index contributed by atoms with van der Waals surface area (Å²) in [6.45, 7) is 3.96. The molecule has 0 amide bonds. The fraction of sp³-hybridized carbons (Fsp3) is 0.917. The second kappa shape index (κ2) is 8.72.